The summed E-state index contributed by atoms with van der Waals surface area (Å²) in [5.74, 6) is 0.647. The number of piperidine rings is 1. The fourth-order valence-electron chi connectivity index (χ4n) is 5.11. The second-order valence-electron chi connectivity index (χ2n) is 8.42. The van der Waals surface area contributed by atoms with Crippen LogP contribution in [-0.2, 0) is 13.5 Å². The minimum atomic E-state index is -0.144. The van der Waals surface area contributed by atoms with Crippen LogP contribution in [-0.4, -0.2) is 32.6 Å². The third-order valence-electron chi connectivity index (χ3n) is 6.86. The van der Waals surface area contributed by atoms with Crippen LogP contribution in [0.3, 0.4) is 0 Å². The average molecular weight is 413 g/mol. The highest BCUT2D eigenvalue weighted by atomic mass is 16.1. The van der Waals surface area contributed by atoms with Gasteiger partial charge in [-0.3, -0.25) is 19.3 Å². The number of nitrogens with zero attached hydrogens (tertiary/aromatic N) is 6. The van der Waals surface area contributed by atoms with Crippen LogP contribution in [0.1, 0.15) is 35.6 Å². The van der Waals surface area contributed by atoms with Crippen LogP contribution in [0.25, 0.3) is 11.3 Å². The van der Waals surface area contributed by atoms with Crippen molar-refractivity contribution in [2.45, 2.75) is 25.3 Å². The largest absolute Gasteiger partial charge is 0.342 e. The summed E-state index contributed by atoms with van der Waals surface area (Å²) >= 11 is 0. The molecular weight excluding hydrogens is 390 g/mol. The summed E-state index contributed by atoms with van der Waals surface area (Å²) in [6.45, 7) is 1.52. The van der Waals surface area contributed by atoms with Crippen LogP contribution < -0.4 is 16.2 Å². The summed E-state index contributed by atoms with van der Waals surface area (Å²) < 4.78 is 1.58. The van der Waals surface area contributed by atoms with Gasteiger partial charge >= 0.3 is 0 Å². The second kappa shape index (κ2) is 7.29. The monoisotopic (exact) mass is 413 g/mol. The number of nitriles is 1. The standard InChI is InChI=1S/C23H23N7O/c1-29-21(31)17(18-14-26-7-8-27-18)13-28-22(29)30-9-5-23(6-10-30)11-15-3-2-4-16(12-24)19(15)20(23)25/h2-4,7-8,13-14,20H,5-6,9-11,25H2,1H3/t20-/m1/s1. The maximum absolute atomic E-state index is 12.9. The van der Waals surface area contributed by atoms with Crippen LogP contribution >= 0.6 is 0 Å². The molecule has 1 aliphatic carbocycles. The molecule has 0 amide bonds. The first kappa shape index (κ1) is 19.4. The Morgan fingerprint density at radius 3 is 2.71 bits per heavy atom. The van der Waals surface area contributed by atoms with Crippen LogP contribution in [0.5, 0.6) is 0 Å². The third kappa shape index (κ3) is 3.01. The first-order valence-corrected chi connectivity index (χ1v) is 10.4. The molecule has 5 rings (SSSR count). The molecule has 8 heteroatoms. The third-order valence-corrected chi connectivity index (χ3v) is 6.86. The summed E-state index contributed by atoms with van der Waals surface area (Å²) in [4.78, 5) is 27.9. The van der Waals surface area contributed by atoms with Gasteiger partial charge in [-0.2, -0.15) is 5.26 Å². The fraction of sp³-hybridized carbons (Fsp3) is 0.348. The molecule has 0 unspecified atom stereocenters. The summed E-state index contributed by atoms with van der Waals surface area (Å²) in [6.07, 6.45) is 8.95. The van der Waals surface area contributed by atoms with Crippen molar-refractivity contribution in [3.8, 4) is 17.3 Å². The molecule has 2 N–H and O–H groups in total. The van der Waals surface area contributed by atoms with Crippen molar-refractivity contribution in [1.29, 1.82) is 5.26 Å². The minimum Gasteiger partial charge on any atom is -0.342 e. The van der Waals surface area contributed by atoms with E-state index in [0.29, 0.717) is 22.8 Å². The van der Waals surface area contributed by atoms with E-state index in [1.54, 1.807) is 36.4 Å². The number of nitrogens with two attached hydrogens (primary N) is 1. The summed E-state index contributed by atoms with van der Waals surface area (Å²) in [5, 5.41) is 9.50. The zero-order valence-corrected chi connectivity index (χ0v) is 17.3. The molecule has 1 saturated heterocycles. The van der Waals surface area contributed by atoms with E-state index >= 15 is 0 Å². The normalized spacial score (nSPS) is 19.3. The molecule has 1 atom stereocenters. The number of fused-ring (bicyclic) bond motifs is 1. The van der Waals surface area contributed by atoms with Gasteiger partial charge in [0, 0.05) is 44.8 Å². The molecule has 8 nitrogen and oxygen atoms in total. The molecule has 31 heavy (non-hydrogen) atoms. The minimum absolute atomic E-state index is 0.0514. The Kier molecular flexibility index (Phi) is 4.56. The van der Waals surface area contributed by atoms with Gasteiger partial charge in [0.2, 0.25) is 5.95 Å². The number of rotatable bonds is 2. The van der Waals surface area contributed by atoms with Crippen molar-refractivity contribution in [1.82, 2.24) is 19.5 Å². The quantitative estimate of drug-likeness (QED) is 0.683. The van der Waals surface area contributed by atoms with Gasteiger partial charge in [0.25, 0.3) is 5.56 Å². The van der Waals surface area contributed by atoms with Crippen LogP contribution in [0.4, 0.5) is 5.95 Å². The molecule has 1 fully saturated rings. The van der Waals surface area contributed by atoms with Crippen molar-refractivity contribution < 1.29 is 0 Å². The molecule has 2 aliphatic rings. The predicted molar refractivity (Wildman–Crippen MR) is 116 cm³/mol. The predicted octanol–water partition coefficient (Wildman–Crippen LogP) is 1.95. The van der Waals surface area contributed by atoms with E-state index in [4.69, 9.17) is 5.73 Å². The molecule has 156 valence electrons. The lowest BCUT2D eigenvalue weighted by molar-refractivity contribution is 0.186. The summed E-state index contributed by atoms with van der Waals surface area (Å²) in [6, 6.07) is 8.04. The van der Waals surface area contributed by atoms with Crippen LogP contribution in [0.2, 0.25) is 0 Å². The number of aromatic nitrogens is 4. The van der Waals surface area contributed by atoms with E-state index in [2.05, 4.69) is 32.0 Å². The Bertz CT molecular complexity index is 1240. The number of hydrogen-bond donors (Lipinski definition) is 1. The van der Waals surface area contributed by atoms with E-state index in [-0.39, 0.29) is 17.0 Å². The molecule has 1 aromatic carbocycles. The second-order valence-corrected chi connectivity index (χ2v) is 8.42. The zero-order valence-electron chi connectivity index (χ0n) is 17.3. The van der Waals surface area contributed by atoms with Gasteiger partial charge in [-0.25, -0.2) is 4.98 Å². The Morgan fingerprint density at radius 1 is 1.19 bits per heavy atom. The van der Waals surface area contributed by atoms with Crippen LogP contribution in [0.15, 0.2) is 47.8 Å². The molecule has 3 aromatic rings. The average Bonchev–Trinajstić information content (AvgIpc) is 3.08. The van der Waals surface area contributed by atoms with E-state index < -0.39 is 0 Å². The lowest BCUT2D eigenvalue weighted by Gasteiger charge is -2.42. The van der Waals surface area contributed by atoms with Crippen molar-refractivity contribution >= 4 is 5.95 Å². The summed E-state index contributed by atoms with van der Waals surface area (Å²) in [7, 11) is 1.74. The van der Waals surface area contributed by atoms with Gasteiger partial charge < -0.3 is 10.6 Å². The first-order valence-electron chi connectivity index (χ1n) is 10.4. The molecule has 2 aromatic heterocycles. The van der Waals surface area contributed by atoms with Crippen molar-refractivity contribution in [3.05, 3.63) is 70.0 Å². The smallest absolute Gasteiger partial charge is 0.264 e. The SMILES string of the molecule is Cn1c(N2CCC3(CC2)Cc2cccc(C#N)c2[C@H]3N)ncc(-c2cnccn2)c1=O. The van der Waals surface area contributed by atoms with Crippen molar-refractivity contribution in [3.63, 3.8) is 0 Å². The first-order chi connectivity index (χ1) is 15.0. The molecule has 0 radical (unpaired) electrons. The highest BCUT2D eigenvalue weighted by Crippen LogP contribution is 2.51. The molecule has 0 saturated carbocycles. The van der Waals surface area contributed by atoms with Gasteiger partial charge in [-0.1, -0.05) is 12.1 Å². The maximum Gasteiger partial charge on any atom is 0.264 e. The lowest BCUT2D eigenvalue weighted by atomic mass is 9.73. The van der Waals surface area contributed by atoms with E-state index in [0.717, 1.165) is 37.9 Å². The highest BCUT2D eigenvalue weighted by Gasteiger charge is 2.47. The maximum atomic E-state index is 12.9. The lowest BCUT2D eigenvalue weighted by Crippen LogP contribution is -2.46. The van der Waals surface area contributed by atoms with Gasteiger partial charge in [0.05, 0.1) is 29.1 Å². The summed E-state index contributed by atoms with van der Waals surface area (Å²) in [5.41, 5.74) is 10.4. The van der Waals surface area contributed by atoms with E-state index in [9.17, 15) is 10.1 Å². The van der Waals surface area contributed by atoms with Gasteiger partial charge in [-0.05, 0) is 41.9 Å². The topological polar surface area (TPSA) is 114 Å². The molecule has 0 bridgehead atoms. The Balaban J connectivity index is 1.39. The highest BCUT2D eigenvalue weighted by molar-refractivity contribution is 5.56. The van der Waals surface area contributed by atoms with Gasteiger partial charge in [0.1, 0.15) is 0 Å². The van der Waals surface area contributed by atoms with Gasteiger partial charge in [0.15, 0.2) is 0 Å². The van der Waals surface area contributed by atoms with Crippen molar-refractivity contribution in [2.24, 2.45) is 18.2 Å². The molecule has 1 aliphatic heterocycles. The number of benzene rings is 1. The molecule has 3 heterocycles. The van der Waals surface area contributed by atoms with E-state index in [1.165, 1.54) is 5.56 Å². The number of hydrogen-bond acceptors (Lipinski definition) is 7. The zero-order chi connectivity index (χ0) is 21.6. The molecule has 1 spiro atoms. The Morgan fingerprint density at radius 2 is 2.00 bits per heavy atom. The van der Waals surface area contributed by atoms with Crippen LogP contribution in [0, 0.1) is 16.7 Å². The Labute approximate surface area is 180 Å². The van der Waals surface area contributed by atoms with Crippen molar-refractivity contribution in [2.75, 3.05) is 18.0 Å². The van der Waals surface area contributed by atoms with E-state index in [1.807, 2.05) is 12.1 Å². The number of anilines is 1. The fourth-order valence-corrected chi connectivity index (χ4v) is 5.11. The van der Waals surface area contributed by atoms with Gasteiger partial charge in [-0.15, -0.1) is 0 Å². The molecular formula is C23H23N7O. The Hall–Kier alpha value is -3.57.